The first kappa shape index (κ1) is 17.9. The lowest BCUT2D eigenvalue weighted by Gasteiger charge is -2.33. The van der Waals surface area contributed by atoms with E-state index < -0.39 is 0 Å². The fourth-order valence-electron chi connectivity index (χ4n) is 3.95. The maximum absolute atomic E-state index is 13.9. The van der Waals surface area contributed by atoms with Crippen LogP contribution in [0.25, 0.3) is 0 Å². The number of hydrogen-bond donors (Lipinski definition) is 0. The van der Waals surface area contributed by atoms with Gasteiger partial charge in [0.15, 0.2) is 0 Å². The lowest BCUT2D eigenvalue weighted by molar-refractivity contribution is -0.140. The number of halogens is 1. The Hall–Kier alpha value is -1.91. The van der Waals surface area contributed by atoms with Gasteiger partial charge >= 0.3 is 0 Å². The molecule has 0 radical (unpaired) electrons. The Bertz CT molecular complexity index is 620. The zero-order chi connectivity index (χ0) is 17.8. The fraction of sp³-hybridized carbons (Fsp3) is 0.600. The highest BCUT2D eigenvalue weighted by molar-refractivity contribution is 5.80. The van der Waals surface area contributed by atoms with Gasteiger partial charge in [0.2, 0.25) is 11.8 Å². The minimum atomic E-state index is -0.252. The highest BCUT2D eigenvalue weighted by Gasteiger charge is 2.31. The third kappa shape index (κ3) is 4.20. The van der Waals surface area contributed by atoms with E-state index in [0.717, 1.165) is 38.8 Å². The summed E-state index contributed by atoms with van der Waals surface area (Å²) in [5.74, 6) is -0.00587. The van der Waals surface area contributed by atoms with E-state index in [1.807, 2.05) is 16.7 Å². The molecule has 0 aliphatic carbocycles. The van der Waals surface area contributed by atoms with Crippen molar-refractivity contribution in [2.24, 2.45) is 5.92 Å². The topological polar surface area (TPSA) is 40.6 Å². The molecule has 2 heterocycles. The van der Waals surface area contributed by atoms with Crippen LogP contribution >= 0.6 is 0 Å². The molecule has 0 bridgehead atoms. The van der Waals surface area contributed by atoms with Crippen LogP contribution < -0.4 is 0 Å². The van der Waals surface area contributed by atoms with E-state index in [-0.39, 0.29) is 29.5 Å². The predicted molar refractivity (Wildman–Crippen MR) is 94.6 cm³/mol. The molecule has 3 rings (SSSR count). The summed E-state index contributed by atoms with van der Waals surface area (Å²) in [5.41, 5.74) is 0.593. The monoisotopic (exact) mass is 346 g/mol. The Kier molecular flexibility index (Phi) is 5.71. The summed E-state index contributed by atoms with van der Waals surface area (Å²) < 4.78 is 13.9. The normalized spacial score (nSPS) is 19.9. The summed E-state index contributed by atoms with van der Waals surface area (Å²) in [6.45, 7) is 4.93. The van der Waals surface area contributed by atoms with Crippen molar-refractivity contribution in [3.63, 3.8) is 0 Å². The molecule has 25 heavy (non-hydrogen) atoms. The summed E-state index contributed by atoms with van der Waals surface area (Å²) in [5, 5.41) is 0. The lowest BCUT2D eigenvalue weighted by Crippen LogP contribution is -2.44. The number of benzene rings is 1. The van der Waals surface area contributed by atoms with Gasteiger partial charge in [0, 0.05) is 38.5 Å². The summed E-state index contributed by atoms with van der Waals surface area (Å²) in [6.07, 6.45) is 4.02. The molecule has 1 aromatic rings. The van der Waals surface area contributed by atoms with Crippen LogP contribution in [0.2, 0.25) is 0 Å². The largest absolute Gasteiger partial charge is 0.343 e. The fourth-order valence-corrected chi connectivity index (χ4v) is 3.95. The molecular weight excluding hydrogens is 319 g/mol. The van der Waals surface area contributed by atoms with Crippen LogP contribution in [0.3, 0.4) is 0 Å². The van der Waals surface area contributed by atoms with Gasteiger partial charge in [-0.25, -0.2) is 4.39 Å². The number of amides is 2. The first-order valence-electron chi connectivity index (χ1n) is 9.37. The average molecular weight is 346 g/mol. The molecule has 2 aliphatic rings. The highest BCUT2D eigenvalue weighted by Crippen LogP contribution is 2.26. The van der Waals surface area contributed by atoms with Crippen LogP contribution in [-0.2, 0) is 9.59 Å². The van der Waals surface area contributed by atoms with Gasteiger partial charge in [-0.1, -0.05) is 25.1 Å². The maximum Gasteiger partial charge on any atom is 0.225 e. The lowest BCUT2D eigenvalue weighted by atomic mass is 9.93. The minimum absolute atomic E-state index is 0.0582. The summed E-state index contributed by atoms with van der Waals surface area (Å²) in [7, 11) is 0. The second-order valence-electron chi connectivity index (χ2n) is 7.31. The molecule has 0 saturated carbocycles. The number of carbonyl (C=O) groups excluding carboxylic acids is 2. The van der Waals surface area contributed by atoms with E-state index in [1.165, 1.54) is 6.07 Å². The molecule has 0 aromatic heterocycles. The predicted octanol–water partition coefficient (Wildman–Crippen LogP) is 3.18. The Labute approximate surface area is 149 Å². The summed E-state index contributed by atoms with van der Waals surface area (Å²) >= 11 is 0. The Morgan fingerprint density at radius 3 is 2.36 bits per heavy atom. The van der Waals surface area contributed by atoms with E-state index in [1.54, 1.807) is 18.2 Å². The van der Waals surface area contributed by atoms with Gasteiger partial charge in [0.1, 0.15) is 5.82 Å². The van der Waals surface area contributed by atoms with Crippen LogP contribution in [0.5, 0.6) is 0 Å². The Morgan fingerprint density at radius 1 is 1.08 bits per heavy atom. The third-order valence-electron chi connectivity index (χ3n) is 5.53. The first-order chi connectivity index (χ1) is 12.1. The Morgan fingerprint density at radius 2 is 1.72 bits per heavy atom. The van der Waals surface area contributed by atoms with Crippen LogP contribution in [0.4, 0.5) is 4.39 Å². The number of likely N-dealkylation sites (tertiary alicyclic amines) is 2. The third-order valence-corrected chi connectivity index (χ3v) is 5.53. The second kappa shape index (κ2) is 7.98. The molecule has 0 unspecified atom stereocenters. The van der Waals surface area contributed by atoms with Crippen molar-refractivity contribution in [1.82, 2.24) is 9.80 Å². The molecule has 0 N–H and O–H groups in total. The highest BCUT2D eigenvalue weighted by atomic mass is 19.1. The van der Waals surface area contributed by atoms with Crippen molar-refractivity contribution in [2.75, 3.05) is 26.2 Å². The molecule has 1 atom stereocenters. The SMILES string of the molecule is C[C@@H](CC(=O)N1CCC(C(=O)N2CCCC2)CC1)c1ccccc1F. The number of hydrogen-bond acceptors (Lipinski definition) is 2. The first-order valence-corrected chi connectivity index (χ1v) is 9.37. The van der Waals surface area contributed by atoms with Gasteiger partial charge in [-0.3, -0.25) is 9.59 Å². The van der Waals surface area contributed by atoms with Crippen molar-refractivity contribution < 1.29 is 14.0 Å². The van der Waals surface area contributed by atoms with Crippen LogP contribution in [-0.4, -0.2) is 47.8 Å². The van der Waals surface area contributed by atoms with Crippen molar-refractivity contribution in [2.45, 2.75) is 44.9 Å². The Balaban J connectivity index is 1.50. The van der Waals surface area contributed by atoms with Gasteiger partial charge in [0.05, 0.1) is 0 Å². The van der Waals surface area contributed by atoms with Crippen LogP contribution in [0.15, 0.2) is 24.3 Å². The summed E-state index contributed by atoms with van der Waals surface area (Å²) in [6, 6.07) is 6.64. The number of piperidine rings is 1. The quantitative estimate of drug-likeness (QED) is 0.840. The van der Waals surface area contributed by atoms with Crippen molar-refractivity contribution in [3.8, 4) is 0 Å². The maximum atomic E-state index is 13.9. The number of nitrogens with zero attached hydrogens (tertiary/aromatic N) is 2. The molecular formula is C20H27FN2O2. The standard InChI is InChI=1S/C20H27FN2O2/c1-15(17-6-2-3-7-18(17)21)14-19(24)22-12-8-16(9-13-22)20(25)23-10-4-5-11-23/h2-3,6-7,15-16H,4-5,8-14H2,1H3/t15-/m0/s1. The smallest absolute Gasteiger partial charge is 0.225 e. The molecule has 2 fully saturated rings. The van der Waals surface area contributed by atoms with Gasteiger partial charge in [-0.2, -0.15) is 0 Å². The average Bonchev–Trinajstić information content (AvgIpc) is 3.16. The van der Waals surface area contributed by atoms with Gasteiger partial charge in [0.25, 0.3) is 0 Å². The molecule has 5 heteroatoms. The number of rotatable bonds is 4. The van der Waals surface area contributed by atoms with Crippen molar-refractivity contribution in [3.05, 3.63) is 35.6 Å². The molecule has 2 amide bonds. The van der Waals surface area contributed by atoms with Crippen LogP contribution in [0, 0.1) is 11.7 Å². The van der Waals surface area contributed by atoms with Crippen LogP contribution in [0.1, 0.15) is 50.5 Å². The van der Waals surface area contributed by atoms with Crippen molar-refractivity contribution in [1.29, 1.82) is 0 Å². The minimum Gasteiger partial charge on any atom is -0.343 e. The molecule has 1 aromatic carbocycles. The van der Waals surface area contributed by atoms with Gasteiger partial charge in [-0.05, 0) is 43.2 Å². The molecule has 4 nitrogen and oxygen atoms in total. The zero-order valence-electron chi connectivity index (χ0n) is 14.9. The zero-order valence-corrected chi connectivity index (χ0v) is 14.9. The van der Waals surface area contributed by atoms with Crippen molar-refractivity contribution >= 4 is 11.8 Å². The summed E-state index contributed by atoms with van der Waals surface area (Å²) in [4.78, 5) is 28.8. The van der Waals surface area contributed by atoms with E-state index in [2.05, 4.69) is 0 Å². The van der Waals surface area contributed by atoms with E-state index in [0.29, 0.717) is 25.1 Å². The van der Waals surface area contributed by atoms with Gasteiger partial charge in [-0.15, -0.1) is 0 Å². The molecule has 0 spiro atoms. The van der Waals surface area contributed by atoms with E-state index >= 15 is 0 Å². The van der Waals surface area contributed by atoms with Gasteiger partial charge < -0.3 is 9.80 Å². The molecule has 2 aliphatic heterocycles. The molecule has 2 saturated heterocycles. The van der Waals surface area contributed by atoms with E-state index in [9.17, 15) is 14.0 Å². The second-order valence-corrected chi connectivity index (χ2v) is 7.31. The number of carbonyl (C=O) groups is 2. The molecule has 136 valence electrons. The van der Waals surface area contributed by atoms with E-state index in [4.69, 9.17) is 0 Å².